The lowest BCUT2D eigenvalue weighted by atomic mass is 10.0. The Morgan fingerprint density at radius 1 is 1.50 bits per heavy atom. The first-order valence-electron chi connectivity index (χ1n) is 5.32. The summed E-state index contributed by atoms with van der Waals surface area (Å²) in [6.07, 6.45) is 5.65. The number of imidazole rings is 1. The van der Waals surface area contributed by atoms with Gasteiger partial charge in [-0.1, -0.05) is 0 Å². The molecule has 0 amide bonds. The van der Waals surface area contributed by atoms with Crippen LogP contribution < -0.4 is 5.32 Å². The summed E-state index contributed by atoms with van der Waals surface area (Å²) < 4.78 is 0. The van der Waals surface area contributed by atoms with E-state index >= 15 is 0 Å². The van der Waals surface area contributed by atoms with E-state index in [1.807, 2.05) is 6.33 Å². The van der Waals surface area contributed by atoms with Crippen molar-refractivity contribution >= 4 is 11.8 Å². The van der Waals surface area contributed by atoms with Gasteiger partial charge in [-0.2, -0.15) is 11.8 Å². The number of H-pyrrole nitrogens is 1. The van der Waals surface area contributed by atoms with Crippen LogP contribution >= 0.6 is 11.8 Å². The number of aromatic amines is 1. The minimum atomic E-state index is 0.498. The zero-order chi connectivity index (χ0) is 9.38. The van der Waals surface area contributed by atoms with Crippen molar-refractivity contribution in [3.05, 3.63) is 17.7 Å². The van der Waals surface area contributed by atoms with Crippen LogP contribution in [0.2, 0.25) is 0 Å². The molecule has 76 valence electrons. The van der Waals surface area contributed by atoms with Gasteiger partial charge in [-0.25, -0.2) is 4.98 Å². The van der Waals surface area contributed by atoms with E-state index in [1.165, 1.54) is 30.0 Å². The van der Waals surface area contributed by atoms with E-state index in [-0.39, 0.29) is 0 Å². The third-order valence-corrected chi connectivity index (χ3v) is 4.58. The molecular formula is C10H15N3S. The third-order valence-electron chi connectivity index (χ3n) is 3.12. The fourth-order valence-corrected chi connectivity index (χ4v) is 3.81. The van der Waals surface area contributed by atoms with E-state index in [0.717, 1.165) is 18.2 Å². The lowest BCUT2D eigenvalue weighted by Gasteiger charge is -2.27. The van der Waals surface area contributed by atoms with Gasteiger partial charge >= 0.3 is 0 Å². The predicted octanol–water partition coefficient (Wildman–Crippen LogP) is 1.49. The Balaban J connectivity index is 1.88. The summed E-state index contributed by atoms with van der Waals surface area (Å²) in [6.45, 7) is 1.09. The standard InChI is InChI=1S/C10H15N3S/c1-2-8(14-5-1)10-9-7(3-4-11-10)12-6-13-9/h6,8,10-11H,1-5H2,(H,12,13). The highest BCUT2D eigenvalue weighted by Crippen LogP contribution is 2.37. The zero-order valence-electron chi connectivity index (χ0n) is 8.12. The fourth-order valence-electron chi connectivity index (χ4n) is 2.42. The number of hydrogen-bond donors (Lipinski definition) is 2. The second-order valence-electron chi connectivity index (χ2n) is 4.00. The third kappa shape index (κ3) is 1.37. The van der Waals surface area contributed by atoms with Crippen molar-refractivity contribution in [3.63, 3.8) is 0 Å². The van der Waals surface area contributed by atoms with Gasteiger partial charge in [0.15, 0.2) is 0 Å². The first-order chi connectivity index (χ1) is 6.95. The summed E-state index contributed by atoms with van der Waals surface area (Å²) >= 11 is 2.10. The van der Waals surface area contributed by atoms with Crippen LogP contribution in [0, 0.1) is 0 Å². The van der Waals surface area contributed by atoms with Gasteiger partial charge in [0.05, 0.1) is 18.1 Å². The molecular weight excluding hydrogens is 194 g/mol. The van der Waals surface area contributed by atoms with Crippen molar-refractivity contribution in [1.82, 2.24) is 15.3 Å². The van der Waals surface area contributed by atoms with Crippen LogP contribution in [-0.2, 0) is 6.42 Å². The van der Waals surface area contributed by atoms with Crippen molar-refractivity contribution in [2.75, 3.05) is 12.3 Å². The van der Waals surface area contributed by atoms with E-state index in [9.17, 15) is 0 Å². The first kappa shape index (κ1) is 8.80. The summed E-state index contributed by atoms with van der Waals surface area (Å²) in [5.41, 5.74) is 2.62. The number of rotatable bonds is 1. The molecule has 0 radical (unpaired) electrons. The SMILES string of the molecule is c1nc2c([nH]1)CCNC2C1CCCS1. The summed E-state index contributed by atoms with van der Waals surface area (Å²) in [5, 5.41) is 4.35. The Kier molecular flexibility index (Phi) is 2.25. The number of nitrogens with one attached hydrogen (secondary N) is 2. The molecule has 1 aromatic rings. The molecule has 2 unspecified atom stereocenters. The van der Waals surface area contributed by atoms with E-state index in [1.54, 1.807) is 0 Å². The molecule has 2 atom stereocenters. The molecule has 0 spiro atoms. The Morgan fingerprint density at radius 3 is 3.36 bits per heavy atom. The molecule has 14 heavy (non-hydrogen) atoms. The Bertz CT molecular complexity index is 317. The highest BCUT2D eigenvalue weighted by molar-refractivity contribution is 8.00. The lowest BCUT2D eigenvalue weighted by Crippen LogP contribution is -2.35. The summed E-state index contributed by atoms with van der Waals surface area (Å²) in [4.78, 5) is 7.70. The van der Waals surface area contributed by atoms with Gasteiger partial charge in [-0.3, -0.25) is 0 Å². The van der Waals surface area contributed by atoms with Crippen LogP contribution in [-0.4, -0.2) is 27.5 Å². The maximum absolute atomic E-state index is 4.45. The zero-order valence-corrected chi connectivity index (χ0v) is 8.94. The van der Waals surface area contributed by atoms with Gasteiger partial charge in [-0.05, 0) is 18.6 Å². The van der Waals surface area contributed by atoms with Gasteiger partial charge < -0.3 is 10.3 Å². The molecule has 0 bridgehead atoms. The number of aromatic nitrogens is 2. The number of nitrogens with zero attached hydrogens (tertiary/aromatic N) is 1. The Morgan fingerprint density at radius 2 is 2.50 bits per heavy atom. The number of hydrogen-bond acceptors (Lipinski definition) is 3. The minimum absolute atomic E-state index is 0.498. The van der Waals surface area contributed by atoms with Crippen LogP contribution in [0.1, 0.15) is 30.3 Å². The highest BCUT2D eigenvalue weighted by atomic mass is 32.2. The molecule has 2 N–H and O–H groups in total. The molecule has 0 saturated carbocycles. The van der Waals surface area contributed by atoms with Crippen LogP contribution in [0.3, 0.4) is 0 Å². The summed E-state index contributed by atoms with van der Waals surface area (Å²) in [5.74, 6) is 1.32. The van der Waals surface area contributed by atoms with Crippen LogP contribution in [0.15, 0.2) is 6.33 Å². The molecule has 4 heteroatoms. The molecule has 3 nitrogen and oxygen atoms in total. The minimum Gasteiger partial charge on any atom is -0.348 e. The molecule has 1 saturated heterocycles. The first-order valence-corrected chi connectivity index (χ1v) is 6.37. The highest BCUT2D eigenvalue weighted by Gasteiger charge is 2.31. The average molecular weight is 209 g/mol. The topological polar surface area (TPSA) is 40.7 Å². The second-order valence-corrected chi connectivity index (χ2v) is 5.35. The summed E-state index contributed by atoms with van der Waals surface area (Å²) in [6, 6.07) is 0.498. The normalized spacial score (nSPS) is 31.7. The van der Waals surface area contributed by atoms with E-state index in [4.69, 9.17) is 0 Å². The van der Waals surface area contributed by atoms with Crippen molar-refractivity contribution in [2.24, 2.45) is 0 Å². The lowest BCUT2D eigenvalue weighted by molar-refractivity contribution is 0.469. The van der Waals surface area contributed by atoms with Gasteiger partial charge in [0, 0.05) is 23.9 Å². The monoisotopic (exact) mass is 209 g/mol. The quantitative estimate of drug-likeness (QED) is 0.736. The maximum Gasteiger partial charge on any atom is 0.0925 e. The molecule has 1 fully saturated rings. The molecule has 1 aromatic heterocycles. The second kappa shape index (κ2) is 3.59. The van der Waals surface area contributed by atoms with Gasteiger partial charge in [0.25, 0.3) is 0 Å². The fraction of sp³-hybridized carbons (Fsp3) is 0.700. The average Bonchev–Trinajstić information content (AvgIpc) is 2.88. The van der Waals surface area contributed by atoms with Gasteiger partial charge in [0.1, 0.15) is 0 Å². The van der Waals surface area contributed by atoms with Crippen molar-refractivity contribution < 1.29 is 0 Å². The number of fused-ring (bicyclic) bond motifs is 1. The van der Waals surface area contributed by atoms with Crippen LogP contribution in [0.5, 0.6) is 0 Å². The predicted molar refractivity (Wildman–Crippen MR) is 58.5 cm³/mol. The van der Waals surface area contributed by atoms with Crippen molar-refractivity contribution in [2.45, 2.75) is 30.6 Å². The molecule has 0 aliphatic carbocycles. The van der Waals surface area contributed by atoms with E-state index < -0.39 is 0 Å². The van der Waals surface area contributed by atoms with Crippen LogP contribution in [0.4, 0.5) is 0 Å². The van der Waals surface area contributed by atoms with E-state index in [2.05, 4.69) is 27.0 Å². The largest absolute Gasteiger partial charge is 0.348 e. The molecule has 0 aromatic carbocycles. The van der Waals surface area contributed by atoms with Crippen molar-refractivity contribution in [3.8, 4) is 0 Å². The summed E-state index contributed by atoms with van der Waals surface area (Å²) in [7, 11) is 0. The Hall–Kier alpha value is -0.480. The van der Waals surface area contributed by atoms with Crippen LogP contribution in [0.25, 0.3) is 0 Å². The Labute approximate surface area is 88.1 Å². The molecule has 2 aliphatic rings. The molecule has 2 aliphatic heterocycles. The molecule has 3 rings (SSSR count). The van der Waals surface area contributed by atoms with Gasteiger partial charge in [0.2, 0.25) is 0 Å². The maximum atomic E-state index is 4.45. The smallest absolute Gasteiger partial charge is 0.0925 e. The van der Waals surface area contributed by atoms with E-state index in [0.29, 0.717) is 6.04 Å². The number of thioether (sulfide) groups is 1. The molecule has 3 heterocycles. The van der Waals surface area contributed by atoms with Crippen molar-refractivity contribution in [1.29, 1.82) is 0 Å². The van der Waals surface area contributed by atoms with Gasteiger partial charge in [-0.15, -0.1) is 0 Å².